The molecule has 0 radical (unpaired) electrons. The van der Waals surface area contributed by atoms with Crippen molar-refractivity contribution in [2.75, 3.05) is 6.54 Å². The first kappa shape index (κ1) is 14.0. The molecular formula is C19H23NO2. The van der Waals surface area contributed by atoms with Gasteiger partial charge in [0.2, 0.25) is 5.91 Å². The Hall–Kier alpha value is -1.64. The van der Waals surface area contributed by atoms with Crippen molar-refractivity contribution >= 4 is 11.7 Å². The highest BCUT2D eigenvalue weighted by atomic mass is 16.2. The molecule has 0 spiro atoms. The predicted octanol–water partition coefficient (Wildman–Crippen LogP) is 2.97. The van der Waals surface area contributed by atoms with Crippen molar-refractivity contribution in [1.82, 2.24) is 4.90 Å². The van der Waals surface area contributed by atoms with Crippen LogP contribution in [0.25, 0.3) is 0 Å². The highest BCUT2D eigenvalue weighted by Crippen LogP contribution is 2.41. The van der Waals surface area contributed by atoms with E-state index in [4.69, 9.17) is 0 Å². The van der Waals surface area contributed by atoms with Gasteiger partial charge < -0.3 is 4.90 Å². The monoisotopic (exact) mass is 297 g/mol. The average Bonchev–Trinajstić information content (AvgIpc) is 2.53. The Morgan fingerprint density at radius 3 is 2.45 bits per heavy atom. The Bertz CT molecular complexity index is 593. The van der Waals surface area contributed by atoms with Gasteiger partial charge in [-0.2, -0.15) is 0 Å². The highest BCUT2D eigenvalue weighted by molar-refractivity contribution is 5.88. The minimum Gasteiger partial charge on any atom is -0.338 e. The summed E-state index contributed by atoms with van der Waals surface area (Å²) in [5, 5.41) is 0. The van der Waals surface area contributed by atoms with E-state index in [0.29, 0.717) is 11.7 Å². The summed E-state index contributed by atoms with van der Waals surface area (Å²) in [5.74, 6) is 1.15. The van der Waals surface area contributed by atoms with E-state index in [1.165, 1.54) is 17.5 Å². The van der Waals surface area contributed by atoms with E-state index in [1.807, 2.05) is 4.90 Å². The van der Waals surface area contributed by atoms with Gasteiger partial charge in [0.05, 0.1) is 0 Å². The summed E-state index contributed by atoms with van der Waals surface area (Å²) in [6, 6.07) is 8.43. The van der Waals surface area contributed by atoms with Crippen LogP contribution in [-0.4, -0.2) is 23.1 Å². The summed E-state index contributed by atoms with van der Waals surface area (Å²) in [4.78, 5) is 27.1. The number of ketones is 1. The third-order valence-electron chi connectivity index (χ3n) is 5.84. The molecule has 3 aliphatic rings. The zero-order valence-corrected chi connectivity index (χ0v) is 13.0. The molecule has 1 aromatic rings. The number of rotatable bonds is 1. The van der Waals surface area contributed by atoms with E-state index in [-0.39, 0.29) is 17.8 Å². The highest BCUT2D eigenvalue weighted by Gasteiger charge is 2.42. The van der Waals surface area contributed by atoms with Crippen molar-refractivity contribution in [2.24, 2.45) is 17.8 Å². The first-order valence-electron chi connectivity index (χ1n) is 8.61. The molecular weight excluding hydrogens is 274 g/mol. The summed E-state index contributed by atoms with van der Waals surface area (Å²) in [5.41, 5.74) is 2.66. The van der Waals surface area contributed by atoms with E-state index in [2.05, 4.69) is 24.3 Å². The zero-order chi connectivity index (χ0) is 15.1. The van der Waals surface area contributed by atoms with Crippen molar-refractivity contribution in [3.63, 3.8) is 0 Å². The van der Waals surface area contributed by atoms with Gasteiger partial charge in [0.25, 0.3) is 0 Å². The summed E-state index contributed by atoms with van der Waals surface area (Å²) < 4.78 is 0. The quantitative estimate of drug-likeness (QED) is 0.799. The van der Waals surface area contributed by atoms with E-state index in [9.17, 15) is 9.59 Å². The largest absolute Gasteiger partial charge is 0.338 e. The van der Waals surface area contributed by atoms with Crippen LogP contribution in [0.3, 0.4) is 0 Å². The molecule has 2 atom stereocenters. The maximum Gasteiger partial charge on any atom is 0.226 e. The molecule has 3 nitrogen and oxygen atoms in total. The molecule has 116 valence electrons. The lowest BCUT2D eigenvalue weighted by atomic mass is 9.67. The molecule has 0 N–H and O–H groups in total. The van der Waals surface area contributed by atoms with Crippen molar-refractivity contribution in [1.29, 1.82) is 0 Å². The molecule has 4 rings (SSSR count). The van der Waals surface area contributed by atoms with Gasteiger partial charge in [0.15, 0.2) is 0 Å². The summed E-state index contributed by atoms with van der Waals surface area (Å²) >= 11 is 0. The molecule has 2 fully saturated rings. The fourth-order valence-electron chi connectivity index (χ4n) is 4.62. The van der Waals surface area contributed by atoms with Crippen LogP contribution in [0.4, 0.5) is 0 Å². The van der Waals surface area contributed by atoms with Gasteiger partial charge in [-0.15, -0.1) is 0 Å². The summed E-state index contributed by atoms with van der Waals surface area (Å²) in [7, 11) is 0. The van der Waals surface area contributed by atoms with Crippen LogP contribution >= 0.6 is 0 Å². The number of hydrogen-bond donors (Lipinski definition) is 0. The van der Waals surface area contributed by atoms with Crippen molar-refractivity contribution in [3.05, 3.63) is 35.4 Å². The molecule has 1 aliphatic heterocycles. The van der Waals surface area contributed by atoms with Gasteiger partial charge >= 0.3 is 0 Å². The SMILES string of the molecule is O=C1[C@H]2CCC[C@H]1CC(C(=O)N1CCc3ccccc3C1)C2. The Morgan fingerprint density at radius 1 is 1.05 bits per heavy atom. The number of carbonyl (C=O) groups excluding carboxylic acids is 2. The second-order valence-corrected chi connectivity index (χ2v) is 7.17. The standard InChI is InChI=1S/C19H23NO2/c21-18-14-6-3-7-15(18)11-17(10-14)19(22)20-9-8-13-4-1-2-5-16(13)12-20/h1-2,4-5,14-15,17H,3,6-12H2/t14-,15-/m0/s1. The number of benzene rings is 1. The van der Waals surface area contributed by atoms with Crippen LogP contribution < -0.4 is 0 Å². The van der Waals surface area contributed by atoms with Crippen LogP contribution in [0.5, 0.6) is 0 Å². The average molecular weight is 297 g/mol. The van der Waals surface area contributed by atoms with E-state index < -0.39 is 0 Å². The maximum absolute atomic E-state index is 12.9. The van der Waals surface area contributed by atoms with Gasteiger partial charge in [-0.25, -0.2) is 0 Å². The minimum atomic E-state index is 0.0817. The molecule has 1 amide bonds. The smallest absolute Gasteiger partial charge is 0.226 e. The van der Waals surface area contributed by atoms with E-state index in [0.717, 1.165) is 45.2 Å². The molecule has 0 aromatic heterocycles. The van der Waals surface area contributed by atoms with Gasteiger partial charge in [-0.3, -0.25) is 9.59 Å². The molecule has 3 heteroatoms. The van der Waals surface area contributed by atoms with Crippen LogP contribution in [0.15, 0.2) is 24.3 Å². The Balaban J connectivity index is 1.48. The van der Waals surface area contributed by atoms with E-state index >= 15 is 0 Å². The Kier molecular flexibility index (Phi) is 3.51. The molecule has 1 aromatic carbocycles. The number of nitrogens with zero attached hydrogens (tertiary/aromatic N) is 1. The molecule has 2 aliphatic carbocycles. The van der Waals surface area contributed by atoms with Gasteiger partial charge in [0, 0.05) is 30.8 Å². The minimum absolute atomic E-state index is 0.0817. The van der Waals surface area contributed by atoms with Crippen LogP contribution in [-0.2, 0) is 22.6 Å². The lowest BCUT2D eigenvalue weighted by Crippen LogP contribution is -2.45. The topological polar surface area (TPSA) is 37.4 Å². The number of fused-ring (bicyclic) bond motifs is 3. The van der Waals surface area contributed by atoms with Crippen LogP contribution in [0.2, 0.25) is 0 Å². The van der Waals surface area contributed by atoms with Gasteiger partial charge in [0.1, 0.15) is 5.78 Å². The molecule has 2 bridgehead atoms. The first-order valence-corrected chi connectivity index (χ1v) is 8.61. The zero-order valence-electron chi connectivity index (χ0n) is 13.0. The number of Topliss-reactive ketones (excluding diaryl/α,β-unsaturated/α-hetero) is 1. The molecule has 1 heterocycles. The third-order valence-corrected chi connectivity index (χ3v) is 5.84. The predicted molar refractivity (Wildman–Crippen MR) is 84.1 cm³/mol. The Morgan fingerprint density at radius 2 is 1.73 bits per heavy atom. The molecule has 2 saturated carbocycles. The van der Waals surface area contributed by atoms with E-state index in [1.54, 1.807) is 0 Å². The summed E-state index contributed by atoms with van der Waals surface area (Å²) in [6.07, 6.45) is 5.72. The molecule has 0 unspecified atom stereocenters. The van der Waals surface area contributed by atoms with Crippen LogP contribution in [0, 0.1) is 17.8 Å². The van der Waals surface area contributed by atoms with Crippen molar-refractivity contribution in [3.8, 4) is 0 Å². The molecule has 22 heavy (non-hydrogen) atoms. The molecule has 0 saturated heterocycles. The lowest BCUT2D eigenvalue weighted by molar-refractivity contribution is -0.143. The summed E-state index contributed by atoms with van der Waals surface area (Å²) in [6.45, 7) is 1.57. The number of carbonyl (C=O) groups is 2. The van der Waals surface area contributed by atoms with Crippen molar-refractivity contribution < 1.29 is 9.59 Å². The van der Waals surface area contributed by atoms with Gasteiger partial charge in [-0.1, -0.05) is 30.7 Å². The maximum atomic E-state index is 12.9. The fraction of sp³-hybridized carbons (Fsp3) is 0.579. The van der Waals surface area contributed by atoms with Crippen LogP contribution in [0.1, 0.15) is 43.2 Å². The lowest BCUT2D eigenvalue weighted by Gasteiger charge is -2.39. The third kappa shape index (κ3) is 2.37. The van der Waals surface area contributed by atoms with Gasteiger partial charge in [-0.05, 0) is 43.2 Å². The second-order valence-electron chi connectivity index (χ2n) is 7.17. The Labute approximate surface area is 131 Å². The first-order chi connectivity index (χ1) is 10.7. The normalized spacial score (nSPS) is 30.8. The fourth-order valence-corrected chi connectivity index (χ4v) is 4.62. The van der Waals surface area contributed by atoms with Crippen molar-refractivity contribution in [2.45, 2.75) is 45.1 Å². The number of hydrogen-bond acceptors (Lipinski definition) is 2. The number of amides is 1. The second kappa shape index (κ2) is 5.53.